The van der Waals surface area contributed by atoms with Crippen molar-refractivity contribution in [1.29, 1.82) is 0 Å². The van der Waals surface area contributed by atoms with Gasteiger partial charge in [0.15, 0.2) is 0 Å². The van der Waals surface area contributed by atoms with Crippen LogP contribution in [0.5, 0.6) is 5.75 Å². The fraction of sp³-hybridized carbons (Fsp3) is 0.397. The number of aromatic amines is 1. The smallest absolute Gasteiger partial charge is 0.256 e. The van der Waals surface area contributed by atoms with E-state index in [0.29, 0.717) is 33.4 Å². The number of methoxy groups -OCH3 is 1. The van der Waals surface area contributed by atoms with E-state index < -0.39 is 53.0 Å². The van der Waals surface area contributed by atoms with Crippen LogP contribution in [0.1, 0.15) is 66.4 Å². The number of halogens is 1. The SMILES string of the molecule is CNC(=O)c1c(F)cccc1Nc1nc(Nc2cc3c(ccn3C(=O)CN(C)C(=O)CCOCCOCCOCCC(=O)N[C@H](C(=O)N3C[C@H](O)C[C@H]3C(=O)NCc3ccc(-c4scnc4C)cc3)C(C)(C)C)cc2OC)nc2[nH]ccc12. The largest absolute Gasteiger partial charge is 0.495 e. The van der Waals surface area contributed by atoms with Crippen molar-refractivity contribution >= 4 is 91.9 Å². The van der Waals surface area contributed by atoms with Crippen LogP contribution < -0.4 is 31.3 Å². The number of aryl methyl sites for hydroxylation is 1. The number of aliphatic hydroxyl groups excluding tert-OH is 1. The third-order valence-corrected chi connectivity index (χ3v) is 14.8. The molecular formula is C58H69FN12O11S. The number of likely N-dealkylation sites (N-methyl/N-ethyl adjacent to an activating group) is 1. The number of amides is 5. The lowest BCUT2D eigenvalue weighted by Gasteiger charge is -2.35. The summed E-state index contributed by atoms with van der Waals surface area (Å²) in [5.41, 5.74) is 5.31. The maximum Gasteiger partial charge on any atom is 0.256 e. The molecule has 5 amide bonds. The Morgan fingerprint density at radius 3 is 2.33 bits per heavy atom. The highest BCUT2D eigenvalue weighted by molar-refractivity contribution is 7.13. The predicted octanol–water partition coefficient (Wildman–Crippen LogP) is 6.08. The number of nitrogens with one attached hydrogen (secondary N) is 6. The Labute approximate surface area is 482 Å². The molecule has 0 aliphatic carbocycles. The monoisotopic (exact) mass is 1160 g/mol. The molecule has 5 heterocycles. The van der Waals surface area contributed by atoms with Gasteiger partial charge >= 0.3 is 0 Å². The Morgan fingerprint density at radius 1 is 0.916 bits per heavy atom. The Balaban J connectivity index is 0.728. The molecular weight excluding hydrogens is 1090 g/mol. The molecule has 440 valence electrons. The van der Waals surface area contributed by atoms with E-state index in [-0.39, 0.29) is 113 Å². The number of likely N-dealkylation sites (tertiary alicyclic amines) is 1. The van der Waals surface area contributed by atoms with E-state index in [1.807, 2.05) is 52.0 Å². The predicted molar refractivity (Wildman–Crippen MR) is 310 cm³/mol. The van der Waals surface area contributed by atoms with Gasteiger partial charge in [0.25, 0.3) is 11.8 Å². The lowest BCUT2D eigenvalue weighted by atomic mass is 9.85. The lowest BCUT2D eigenvalue weighted by Crippen LogP contribution is -2.57. The van der Waals surface area contributed by atoms with Gasteiger partial charge in [0.2, 0.25) is 29.6 Å². The Hall–Kier alpha value is -8.36. The summed E-state index contributed by atoms with van der Waals surface area (Å²) < 4.78 is 38.8. The molecule has 1 aliphatic rings. The fourth-order valence-electron chi connectivity index (χ4n) is 9.41. The number of benzene rings is 3. The molecule has 1 aliphatic heterocycles. The summed E-state index contributed by atoms with van der Waals surface area (Å²) in [6.45, 7) is 8.35. The topological polar surface area (TPSA) is 286 Å². The second kappa shape index (κ2) is 27.6. The van der Waals surface area contributed by atoms with Gasteiger partial charge in [-0.3, -0.25) is 33.3 Å². The fourth-order valence-corrected chi connectivity index (χ4v) is 10.2. The van der Waals surface area contributed by atoms with E-state index >= 15 is 0 Å². The molecule has 25 heteroatoms. The highest BCUT2D eigenvalue weighted by Gasteiger charge is 2.44. The Morgan fingerprint density at radius 2 is 1.64 bits per heavy atom. The number of hydrogen-bond donors (Lipinski definition) is 7. The standard InChI is InChI=1S/C58H69FN12O11S/c1-34-50(83-33-63-34)36-13-11-35(12-14-36)30-62-54(76)44-28-38(72)31-71(44)56(78)51(58(2,3)4)66-46(73)17-21-80-23-25-82-26-24-81-22-18-47(74)69(6)32-48(75)70-20-16-37-27-45(79-7)42(29-43(37)70)65-57-67-52-39(15-19-61-52)53(68-57)64-41-10-8-9-40(59)49(41)55(77)60-5/h8-16,19-20,27,29,33,38,44,51,72H,17-18,21-26,28,30-32H2,1-7H3,(H,60,77)(H,62,76)(H,66,73)(H3,61,64,65,67,68)/t38-,44+,51-/m1/s1. The van der Waals surface area contributed by atoms with Gasteiger partial charge in [-0.2, -0.15) is 9.97 Å². The number of carbonyl (C=O) groups is 6. The molecule has 3 aromatic carbocycles. The number of H-pyrrole nitrogens is 1. The zero-order chi connectivity index (χ0) is 59.4. The number of rotatable bonds is 26. The van der Waals surface area contributed by atoms with Crippen LogP contribution in [0.15, 0.2) is 84.6 Å². The maximum atomic E-state index is 14.8. The van der Waals surface area contributed by atoms with Gasteiger partial charge in [0.1, 0.15) is 41.7 Å². The van der Waals surface area contributed by atoms with Gasteiger partial charge in [-0.05, 0) is 59.9 Å². The molecule has 0 bridgehead atoms. The van der Waals surface area contributed by atoms with Crippen molar-refractivity contribution in [3.05, 3.63) is 107 Å². The van der Waals surface area contributed by atoms with Crippen LogP contribution in [0.3, 0.4) is 0 Å². The van der Waals surface area contributed by atoms with Crippen molar-refractivity contribution < 1.29 is 57.2 Å². The molecule has 1 fully saturated rings. The summed E-state index contributed by atoms with van der Waals surface area (Å²) in [4.78, 5) is 100. The molecule has 0 saturated carbocycles. The van der Waals surface area contributed by atoms with Crippen LogP contribution in [0, 0.1) is 18.2 Å². The molecule has 0 radical (unpaired) electrons. The van der Waals surface area contributed by atoms with Gasteiger partial charge in [-0.1, -0.05) is 51.1 Å². The number of ether oxygens (including phenoxy) is 4. The average molecular weight is 1160 g/mol. The molecule has 7 N–H and O–H groups in total. The van der Waals surface area contributed by atoms with E-state index in [1.54, 1.807) is 59.6 Å². The van der Waals surface area contributed by atoms with Crippen molar-refractivity contribution in [1.82, 2.24) is 50.3 Å². The minimum absolute atomic E-state index is 0.0173. The van der Waals surface area contributed by atoms with Gasteiger partial charge in [0.05, 0.1) is 103 Å². The summed E-state index contributed by atoms with van der Waals surface area (Å²) in [5, 5.41) is 26.3. The molecule has 3 atom stereocenters. The number of carbonyl (C=O) groups excluding carboxylic acids is 6. The summed E-state index contributed by atoms with van der Waals surface area (Å²) in [6.07, 6.45) is 2.44. The van der Waals surface area contributed by atoms with Crippen LogP contribution in [0.4, 0.5) is 27.5 Å². The first-order valence-electron chi connectivity index (χ1n) is 27.0. The highest BCUT2D eigenvalue weighted by atomic mass is 32.1. The van der Waals surface area contributed by atoms with E-state index in [0.717, 1.165) is 21.7 Å². The van der Waals surface area contributed by atoms with E-state index in [4.69, 9.17) is 18.9 Å². The van der Waals surface area contributed by atoms with Gasteiger partial charge in [-0.25, -0.2) is 9.37 Å². The molecule has 0 unspecified atom stereocenters. The number of nitrogens with zero attached hydrogens (tertiary/aromatic N) is 6. The van der Waals surface area contributed by atoms with Gasteiger partial charge in [0, 0.05) is 57.8 Å². The second-order valence-electron chi connectivity index (χ2n) is 20.8. The van der Waals surface area contributed by atoms with Gasteiger partial charge in [-0.15, -0.1) is 11.3 Å². The molecule has 7 aromatic rings. The Kier molecular flexibility index (Phi) is 20.2. The number of aromatic nitrogens is 5. The third-order valence-electron chi connectivity index (χ3n) is 13.9. The first-order valence-corrected chi connectivity index (χ1v) is 27.9. The lowest BCUT2D eigenvalue weighted by molar-refractivity contribution is -0.144. The quantitative estimate of drug-likeness (QED) is 0.0303. The van der Waals surface area contributed by atoms with Crippen LogP contribution in [0.25, 0.3) is 32.4 Å². The molecule has 0 spiro atoms. The van der Waals surface area contributed by atoms with Crippen molar-refractivity contribution in [2.24, 2.45) is 5.41 Å². The van der Waals surface area contributed by atoms with Crippen LogP contribution in [-0.2, 0) is 39.9 Å². The summed E-state index contributed by atoms with van der Waals surface area (Å²) in [7, 11) is 4.44. The molecule has 1 saturated heterocycles. The molecule has 4 aromatic heterocycles. The van der Waals surface area contributed by atoms with Crippen LogP contribution in [0.2, 0.25) is 0 Å². The molecule has 23 nitrogen and oxygen atoms in total. The number of β-amino-alcohol motifs (C(OH)–C–C–N with tert-alkyl or cyclic N) is 1. The van der Waals surface area contributed by atoms with Crippen molar-refractivity contribution in [3.63, 3.8) is 0 Å². The van der Waals surface area contributed by atoms with E-state index in [2.05, 4.69) is 46.5 Å². The number of thiazole rings is 1. The number of anilines is 4. The van der Waals surface area contributed by atoms with Crippen molar-refractivity contribution in [2.45, 2.75) is 71.7 Å². The number of aliphatic hydroxyl groups is 1. The van der Waals surface area contributed by atoms with Crippen molar-refractivity contribution in [2.75, 3.05) is 84.6 Å². The minimum atomic E-state index is -0.976. The zero-order valence-electron chi connectivity index (χ0n) is 47.3. The second-order valence-corrected chi connectivity index (χ2v) is 21.7. The summed E-state index contributed by atoms with van der Waals surface area (Å²) in [5.74, 6) is -2.46. The number of fused-ring (bicyclic) bond motifs is 2. The molecule has 83 heavy (non-hydrogen) atoms. The highest BCUT2D eigenvalue weighted by Crippen LogP contribution is 2.35. The maximum absolute atomic E-state index is 14.8. The van der Waals surface area contributed by atoms with Crippen molar-refractivity contribution in [3.8, 4) is 16.2 Å². The minimum Gasteiger partial charge on any atom is -0.495 e. The van der Waals surface area contributed by atoms with E-state index in [1.165, 1.54) is 47.7 Å². The number of hydrogen-bond acceptors (Lipinski definition) is 17. The normalized spacial score (nSPS) is 14.6. The van der Waals surface area contributed by atoms with Crippen LogP contribution in [-0.4, -0.2) is 167 Å². The van der Waals surface area contributed by atoms with E-state index in [9.17, 15) is 38.3 Å². The zero-order valence-corrected chi connectivity index (χ0v) is 48.1. The summed E-state index contributed by atoms with van der Waals surface area (Å²) >= 11 is 1.56. The molecule has 8 rings (SSSR count). The van der Waals surface area contributed by atoms with Gasteiger partial charge < -0.3 is 65.4 Å². The first-order chi connectivity index (χ1) is 39.8. The summed E-state index contributed by atoms with van der Waals surface area (Å²) in [6, 6.07) is 17.1. The van der Waals surface area contributed by atoms with Crippen LogP contribution >= 0.6 is 11.3 Å². The first kappa shape index (κ1) is 60.7. The Bertz CT molecular complexity index is 3450. The average Bonchev–Trinajstić information content (AvgIpc) is 4.52. The third kappa shape index (κ3) is 15.2.